The maximum Gasteiger partial charge on any atom is 0.319 e. The predicted molar refractivity (Wildman–Crippen MR) is 111 cm³/mol. The zero-order chi connectivity index (χ0) is 20.5. The number of methoxy groups -OCH3 is 1. The number of likely N-dealkylation sites (tertiary alicyclic amines) is 1. The van der Waals surface area contributed by atoms with Gasteiger partial charge < -0.3 is 25.0 Å². The summed E-state index contributed by atoms with van der Waals surface area (Å²) in [5, 5.41) is 5.71. The van der Waals surface area contributed by atoms with Gasteiger partial charge in [0.05, 0.1) is 12.8 Å². The van der Waals surface area contributed by atoms with Crippen LogP contribution in [0.3, 0.4) is 0 Å². The van der Waals surface area contributed by atoms with Gasteiger partial charge in [-0.2, -0.15) is 0 Å². The molecule has 1 aliphatic rings. The minimum absolute atomic E-state index is 0.00539. The number of piperidine rings is 1. The van der Waals surface area contributed by atoms with Crippen LogP contribution in [0, 0.1) is 5.92 Å². The van der Waals surface area contributed by atoms with Crippen molar-refractivity contribution < 1.29 is 19.1 Å². The summed E-state index contributed by atoms with van der Waals surface area (Å²) in [6.45, 7) is 1.98. The molecule has 1 saturated heterocycles. The van der Waals surface area contributed by atoms with E-state index in [1.807, 2.05) is 47.4 Å². The van der Waals surface area contributed by atoms with Gasteiger partial charge in [0.2, 0.25) is 0 Å². The number of anilines is 1. The molecule has 0 radical (unpaired) electrons. The fourth-order valence-corrected chi connectivity index (χ4v) is 3.29. The van der Waals surface area contributed by atoms with Gasteiger partial charge >= 0.3 is 6.03 Å². The molecule has 1 aliphatic heterocycles. The minimum atomic E-state index is -0.260. The molecule has 29 heavy (non-hydrogen) atoms. The number of para-hydroxylation sites is 3. The highest BCUT2D eigenvalue weighted by atomic mass is 16.5. The standard InChI is InChI=1S/C22H27N3O4/c1-28-20-10-6-5-9-19(20)24-22(27)23-15-17-11-13-25(14-12-17)21(26)16-29-18-7-3-2-4-8-18/h2-10,17H,11-16H2,1H3,(H2,23,24,27). The topological polar surface area (TPSA) is 79.9 Å². The van der Waals surface area contributed by atoms with E-state index in [1.54, 1.807) is 19.2 Å². The zero-order valence-electron chi connectivity index (χ0n) is 16.6. The SMILES string of the molecule is COc1ccccc1NC(=O)NCC1CCN(C(=O)COc2ccccc2)CC1. The number of nitrogens with one attached hydrogen (secondary N) is 2. The van der Waals surface area contributed by atoms with E-state index in [1.165, 1.54) is 0 Å². The molecule has 0 bridgehead atoms. The Balaban J connectivity index is 1.36. The number of benzene rings is 2. The maximum atomic E-state index is 12.3. The second kappa shape index (κ2) is 10.4. The van der Waals surface area contributed by atoms with Crippen LogP contribution in [0.5, 0.6) is 11.5 Å². The summed E-state index contributed by atoms with van der Waals surface area (Å²) in [6, 6.07) is 16.3. The normalized spacial score (nSPS) is 14.2. The van der Waals surface area contributed by atoms with Gasteiger partial charge in [0, 0.05) is 19.6 Å². The maximum absolute atomic E-state index is 12.3. The van der Waals surface area contributed by atoms with Gasteiger partial charge in [-0.05, 0) is 43.0 Å². The number of amides is 3. The van der Waals surface area contributed by atoms with Crippen LogP contribution in [-0.2, 0) is 4.79 Å². The molecule has 0 atom stereocenters. The number of hydrogen-bond donors (Lipinski definition) is 2. The van der Waals surface area contributed by atoms with Crippen LogP contribution in [0.2, 0.25) is 0 Å². The highest BCUT2D eigenvalue weighted by Gasteiger charge is 2.23. The lowest BCUT2D eigenvalue weighted by atomic mass is 9.97. The Bertz CT molecular complexity index is 805. The number of nitrogens with zero attached hydrogens (tertiary/aromatic N) is 1. The molecule has 154 valence electrons. The number of urea groups is 1. The lowest BCUT2D eigenvalue weighted by molar-refractivity contribution is -0.134. The molecule has 2 aromatic rings. The summed E-state index contributed by atoms with van der Waals surface area (Å²) in [4.78, 5) is 26.3. The third kappa shape index (κ3) is 6.14. The Kier molecular flexibility index (Phi) is 7.33. The van der Waals surface area contributed by atoms with E-state index >= 15 is 0 Å². The first-order valence-electron chi connectivity index (χ1n) is 9.79. The van der Waals surface area contributed by atoms with Gasteiger partial charge in [-0.3, -0.25) is 4.79 Å². The zero-order valence-corrected chi connectivity index (χ0v) is 16.6. The number of rotatable bonds is 7. The molecule has 2 aromatic carbocycles. The Morgan fingerprint density at radius 3 is 2.45 bits per heavy atom. The number of carbonyl (C=O) groups excluding carboxylic acids is 2. The first kappa shape index (κ1) is 20.5. The van der Waals surface area contributed by atoms with E-state index in [0.29, 0.717) is 42.7 Å². The van der Waals surface area contributed by atoms with Crippen molar-refractivity contribution in [1.29, 1.82) is 0 Å². The summed E-state index contributed by atoms with van der Waals surface area (Å²) in [7, 11) is 1.57. The Morgan fingerprint density at radius 1 is 1.03 bits per heavy atom. The molecule has 0 aliphatic carbocycles. The van der Waals surface area contributed by atoms with Gasteiger partial charge in [0.25, 0.3) is 5.91 Å². The van der Waals surface area contributed by atoms with Crippen molar-refractivity contribution in [2.45, 2.75) is 12.8 Å². The Hall–Kier alpha value is -3.22. The molecule has 3 rings (SSSR count). The summed E-state index contributed by atoms with van der Waals surface area (Å²) >= 11 is 0. The Morgan fingerprint density at radius 2 is 1.72 bits per heavy atom. The van der Waals surface area contributed by atoms with E-state index in [0.717, 1.165) is 12.8 Å². The van der Waals surface area contributed by atoms with Gasteiger partial charge in [-0.1, -0.05) is 30.3 Å². The molecule has 0 unspecified atom stereocenters. The minimum Gasteiger partial charge on any atom is -0.495 e. The van der Waals surface area contributed by atoms with Crippen molar-refractivity contribution in [3.05, 3.63) is 54.6 Å². The molecule has 0 spiro atoms. The molecule has 2 N–H and O–H groups in total. The van der Waals surface area contributed by atoms with E-state index in [-0.39, 0.29) is 18.5 Å². The summed E-state index contributed by atoms with van der Waals surface area (Å²) in [5.41, 5.74) is 0.631. The third-order valence-corrected chi connectivity index (χ3v) is 4.98. The second-order valence-corrected chi connectivity index (χ2v) is 6.96. The highest BCUT2D eigenvalue weighted by Crippen LogP contribution is 2.23. The number of ether oxygens (including phenoxy) is 2. The average Bonchev–Trinajstić information content (AvgIpc) is 2.77. The van der Waals surface area contributed by atoms with Crippen molar-refractivity contribution in [2.24, 2.45) is 5.92 Å². The molecular weight excluding hydrogens is 370 g/mol. The smallest absolute Gasteiger partial charge is 0.319 e. The lowest BCUT2D eigenvalue weighted by Gasteiger charge is -2.32. The first-order valence-corrected chi connectivity index (χ1v) is 9.79. The molecule has 1 fully saturated rings. The quantitative estimate of drug-likeness (QED) is 0.752. The molecule has 0 saturated carbocycles. The van der Waals surface area contributed by atoms with Crippen LogP contribution in [0.1, 0.15) is 12.8 Å². The van der Waals surface area contributed by atoms with E-state index in [2.05, 4.69) is 10.6 Å². The van der Waals surface area contributed by atoms with Crippen LogP contribution in [0.4, 0.5) is 10.5 Å². The van der Waals surface area contributed by atoms with Gasteiger partial charge in [0.15, 0.2) is 6.61 Å². The fourth-order valence-electron chi connectivity index (χ4n) is 3.29. The monoisotopic (exact) mass is 397 g/mol. The summed E-state index contributed by atoms with van der Waals surface area (Å²) < 4.78 is 10.8. The first-order chi connectivity index (χ1) is 14.2. The highest BCUT2D eigenvalue weighted by molar-refractivity contribution is 5.90. The van der Waals surface area contributed by atoms with Crippen LogP contribution in [0.25, 0.3) is 0 Å². The van der Waals surface area contributed by atoms with Gasteiger partial charge in [-0.15, -0.1) is 0 Å². The van der Waals surface area contributed by atoms with Crippen molar-refractivity contribution in [2.75, 3.05) is 38.7 Å². The largest absolute Gasteiger partial charge is 0.495 e. The van der Waals surface area contributed by atoms with Crippen LogP contribution >= 0.6 is 0 Å². The molecular formula is C22H27N3O4. The average molecular weight is 397 g/mol. The summed E-state index contributed by atoms with van der Waals surface area (Å²) in [6.07, 6.45) is 1.71. The van der Waals surface area contributed by atoms with Crippen molar-refractivity contribution in [3.8, 4) is 11.5 Å². The molecule has 7 nitrogen and oxygen atoms in total. The molecule has 3 amide bonds. The third-order valence-electron chi connectivity index (χ3n) is 4.98. The predicted octanol–water partition coefficient (Wildman–Crippen LogP) is 3.13. The summed E-state index contributed by atoms with van der Waals surface area (Å²) in [5.74, 6) is 1.65. The number of carbonyl (C=O) groups is 2. The Labute approximate surface area is 171 Å². The fraction of sp³-hybridized carbons (Fsp3) is 0.364. The van der Waals surface area contributed by atoms with Crippen molar-refractivity contribution in [3.63, 3.8) is 0 Å². The van der Waals surface area contributed by atoms with Gasteiger partial charge in [0.1, 0.15) is 11.5 Å². The number of hydrogen-bond acceptors (Lipinski definition) is 4. The van der Waals surface area contributed by atoms with Crippen molar-refractivity contribution in [1.82, 2.24) is 10.2 Å². The van der Waals surface area contributed by atoms with Crippen LogP contribution in [-0.4, -0.2) is 50.2 Å². The van der Waals surface area contributed by atoms with Crippen LogP contribution in [0.15, 0.2) is 54.6 Å². The van der Waals surface area contributed by atoms with Crippen molar-refractivity contribution >= 4 is 17.6 Å². The van der Waals surface area contributed by atoms with Gasteiger partial charge in [-0.25, -0.2) is 4.79 Å². The van der Waals surface area contributed by atoms with Crippen LogP contribution < -0.4 is 20.1 Å². The van der Waals surface area contributed by atoms with E-state index in [4.69, 9.17) is 9.47 Å². The second-order valence-electron chi connectivity index (χ2n) is 6.96. The molecule has 7 heteroatoms. The molecule has 0 aromatic heterocycles. The molecule has 1 heterocycles. The van der Waals surface area contributed by atoms with E-state index < -0.39 is 0 Å². The van der Waals surface area contributed by atoms with E-state index in [9.17, 15) is 9.59 Å². The lowest BCUT2D eigenvalue weighted by Crippen LogP contribution is -2.43.